The third-order valence-electron chi connectivity index (χ3n) is 1.26. The van der Waals surface area contributed by atoms with Crippen molar-refractivity contribution in [3.8, 4) is 0 Å². The van der Waals surface area contributed by atoms with E-state index in [1.165, 1.54) is 0 Å². The molecule has 0 amide bonds. The SMILES string of the molecule is CC.O/N=C(\Cl)c1c(Cl)cccc1Cl. The van der Waals surface area contributed by atoms with Crippen molar-refractivity contribution in [2.45, 2.75) is 13.8 Å². The molecule has 0 spiro atoms. The molecule has 0 heterocycles. The van der Waals surface area contributed by atoms with Crippen LogP contribution in [-0.2, 0) is 0 Å². The molecular weight excluding hydrogens is 244 g/mol. The van der Waals surface area contributed by atoms with Crippen molar-refractivity contribution in [2.24, 2.45) is 5.16 Å². The largest absolute Gasteiger partial charge is 0.410 e. The van der Waals surface area contributed by atoms with Crippen molar-refractivity contribution >= 4 is 40.0 Å². The lowest BCUT2D eigenvalue weighted by molar-refractivity contribution is 0.321. The molecular formula is C9H10Cl3NO. The van der Waals surface area contributed by atoms with E-state index in [0.717, 1.165) is 0 Å². The van der Waals surface area contributed by atoms with E-state index in [2.05, 4.69) is 5.16 Å². The summed E-state index contributed by atoms with van der Waals surface area (Å²) in [5.74, 6) is 0. The molecule has 0 aliphatic heterocycles. The zero-order valence-corrected chi connectivity index (χ0v) is 10.0. The molecule has 0 aliphatic carbocycles. The van der Waals surface area contributed by atoms with Crippen molar-refractivity contribution in [1.29, 1.82) is 0 Å². The summed E-state index contributed by atoms with van der Waals surface area (Å²) in [4.78, 5) is 0. The summed E-state index contributed by atoms with van der Waals surface area (Å²) in [6, 6.07) is 4.89. The molecule has 0 fully saturated rings. The second-order valence-corrected chi connectivity index (χ2v) is 3.16. The maximum Gasteiger partial charge on any atom is 0.178 e. The average molecular weight is 255 g/mol. The standard InChI is InChI=1S/C7H4Cl3NO.C2H6/c8-4-2-1-3-5(9)6(4)7(10)11-12;1-2/h1-3,12H;1-2H3/b11-7-;. The van der Waals surface area contributed by atoms with E-state index in [1.54, 1.807) is 18.2 Å². The fourth-order valence-electron chi connectivity index (χ4n) is 0.745. The first-order chi connectivity index (χ1) is 6.66. The Morgan fingerprint density at radius 2 is 1.64 bits per heavy atom. The van der Waals surface area contributed by atoms with E-state index in [0.29, 0.717) is 15.6 Å². The van der Waals surface area contributed by atoms with Gasteiger partial charge in [0.05, 0.1) is 15.6 Å². The summed E-state index contributed by atoms with van der Waals surface area (Å²) < 4.78 is 0. The summed E-state index contributed by atoms with van der Waals surface area (Å²) >= 11 is 17.0. The van der Waals surface area contributed by atoms with Gasteiger partial charge in [-0.25, -0.2) is 0 Å². The zero-order valence-electron chi connectivity index (χ0n) is 7.76. The Morgan fingerprint density at radius 3 is 2.00 bits per heavy atom. The van der Waals surface area contributed by atoms with Crippen molar-refractivity contribution < 1.29 is 5.21 Å². The number of hydrogen-bond donors (Lipinski definition) is 1. The van der Waals surface area contributed by atoms with Gasteiger partial charge in [-0.1, -0.05) is 59.9 Å². The lowest BCUT2D eigenvalue weighted by Gasteiger charge is -2.01. The van der Waals surface area contributed by atoms with E-state index in [1.807, 2.05) is 13.8 Å². The van der Waals surface area contributed by atoms with Crippen molar-refractivity contribution in [3.63, 3.8) is 0 Å². The third-order valence-corrected chi connectivity index (χ3v) is 2.15. The summed E-state index contributed by atoms with van der Waals surface area (Å²) in [7, 11) is 0. The van der Waals surface area contributed by atoms with Crippen molar-refractivity contribution in [3.05, 3.63) is 33.8 Å². The van der Waals surface area contributed by atoms with Gasteiger partial charge in [0, 0.05) is 0 Å². The Hall–Kier alpha value is -0.440. The maximum atomic E-state index is 8.38. The lowest BCUT2D eigenvalue weighted by atomic mass is 10.2. The van der Waals surface area contributed by atoms with Crippen LogP contribution in [0.15, 0.2) is 23.4 Å². The molecule has 78 valence electrons. The Kier molecular flexibility index (Phi) is 6.71. The van der Waals surface area contributed by atoms with Gasteiger partial charge in [0.2, 0.25) is 0 Å². The van der Waals surface area contributed by atoms with Crippen molar-refractivity contribution in [2.75, 3.05) is 0 Å². The van der Waals surface area contributed by atoms with E-state index >= 15 is 0 Å². The van der Waals surface area contributed by atoms with Crippen molar-refractivity contribution in [1.82, 2.24) is 0 Å². The molecule has 1 N–H and O–H groups in total. The van der Waals surface area contributed by atoms with Crippen LogP contribution in [0, 0.1) is 0 Å². The molecule has 0 radical (unpaired) electrons. The first-order valence-corrected chi connectivity index (χ1v) is 5.12. The molecule has 2 nitrogen and oxygen atoms in total. The monoisotopic (exact) mass is 253 g/mol. The minimum absolute atomic E-state index is 0.120. The van der Waals surface area contributed by atoms with Crippen LogP contribution in [0.2, 0.25) is 10.0 Å². The molecule has 0 unspecified atom stereocenters. The van der Waals surface area contributed by atoms with Crippen LogP contribution >= 0.6 is 34.8 Å². The number of benzene rings is 1. The van der Waals surface area contributed by atoms with E-state index in [-0.39, 0.29) is 5.17 Å². The van der Waals surface area contributed by atoms with Crippen LogP contribution < -0.4 is 0 Å². The number of hydrogen-bond acceptors (Lipinski definition) is 2. The van der Waals surface area contributed by atoms with Crippen LogP contribution in [0.1, 0.15) is 19.4 Å². The first-order valence-electron chi connectivity index (χ1n) is 3.98. The second kappa shape index (κ2) is 6.93. The molecule has 14 heavy (non-hydrogen) atoms. The van der Waals surface area contributed by atoms with Gasteiger partial charge in [-0.05, 0) is 12.1 Å². The molecule has 1 aromatic carbocycles. The Labute approximate surface area is 98.1 Å². The molecule has 0 aliphatic rings. The topological polar surface area (TPSA) is 32.6 Å². The maximum absolute atomic E-state index is 8.38. The number of rotatable bonds is 1. The smallest absolute Gasteiger partial charge is 0.178 e. The predicted molar refractivity (Wildman–Crippen MR) is 62.0 cm³/mol. The minimum atomic E-state index is -0.120. The molecule has 1 rings (SSSR count). The second-order valence-electron chi connectivity index (χ2n) is 1.99. The number of nitrogens with zero attached hydrogens (tertiary/aromatic N) is 1. The summed E-state index contributed by atoms with van der Waals surface area (Å²) in [6.45, 7) is 4.00. The normalized spacial score (nSPS) is 10.5. The molecule has 0 saturated carbocycles. The van der Waals surface area contributed by atoms with Crippen LogP contribution in [0.5, 0.6) is 0 Å². The first kappa shape index (κ1) is 13.6. The minimum Gasteiger partial charge on any atom is -0.410 e. The number of halogens is 3. The van der Waals surface area contributed by atoms with Crippen LogP contribution in [-0.4, -0.2) is 10.4 Å². The predicted octanol–water partition coefficient (Wildman–Crippen LogP) is 4.39. The molecule has 0 aromatic heterocycles. The highest BCUT2D eigenvalue weighted by atomic mass is 35.5. The molecule has 0 atom stereocenters. The highest BCUT2D eigenvalue weighted by Gasteiger charge is 2.09. The molecule has 1 aromatic rings. The van der Waals surface area contributed by atoms with Gasteiger partial charge < -0.3 is 5.21 Å². The van der Waals surface area contributed by atoms with E-state index in [4.69, 9.17) is 40.0 Å². The van der Waals surface area contributed by atoms with Gasteiger partial charge in [0.15, 0.2) is 5.17 Å². The van der Waals surface area contributed by atoms with Gasteiger partial charge in [-0.15, -0.1) is 0 Å². The van der Waals surface area contributed by atoms with Gasteiger partial charge in [-0.2, -0.15) is 0 Å². The van der Waals surface area contributed by atoms with Crippen LogP contribution in [0.3, 0.4) is 0 Å². The van der Waals surface area contributed by atoms with Gasteiger partial charge in [0.25, 0.3) is 0 Å². The van der Waals surface area contributed by atoms with Gasteiger partial charge in [0.1, 0.15) is 0 Å². The number of oxime groups is 1. The average Bonchev–Trinajstić information content (AvgIpc) is 2.20. The molecule has 0 bridgehead atoms. The highest BCUT2D eigenvalue weighted by Crippen LogP contribution is 2.25. The Balaban J connectivity index is 0.000000791. The van der Waals surface area contributed by atoms with Crippen LogP contribution in [0.4, 0.5) is 0 Å². The molecule has 0 saturated heterocycles. The summed E-state index contributed by atoms with van der Waals surface area (Å²) in [6.07, 6.45) is 0. The Morgan fingerprint density at radius 1 is 1.21 bits per heavy atom. The van der Waals surface area contributed by atoms with Crippen LogP contribution in [0.25, 0.3) is 0 Å². The fraction of sp³-hybridized carbons (Fsp3) is 0.222. The van der Waals surface area contributed by atoms with E-state index in [9.17, 15) is 0 Å². The zero-order chi connectivity index (χ0) is 11.1. The lowest BCUT2D eigenvalue weighted by Crippen LogP contribution is -1.93. The summed E-state index contributed by atoms with van der Waals surface area (Å²) in [5.41, 5.74) is 0.338. The molecule has 5 heteroatoms. The highest BCUT2D eigenvalue weighted by molar-refractivity contribution is 6.71. The van der Waals surface area contributed by atoms with E-state index < -0.39 is 0 Å². The van der Waals surface area contributed by atoms with Gasteiger partial charge in [-0.3, -0.25) is 0 Å². The van der Waals surface area contributed by atoms with Gasteiger partial charge >= 0.3 is 0 Å². The summed E-state index contributed by atoms with van der Waals surface area (Å²) in [5, 5.41) is 11.8. The fourth-order valence-corrected chi connectivity index (χ4v) is 1.62. The quantitative estimate of drug-likeness (QED) is 0.450. The third kappa shape index (κ3) is 3.37. The Bertz CT molecular complexity index is 306.